The SMILES string of the molecule is Cc1ccccc1C(=O)N[C@@H](C)c1cc(CN)nc2ccccc12. The van der Waals surface area contributed by atoms with E-state index in [4.69, 9.17) is 5.73 Å². The van der Waals surface area contributed by atoms with Crippen molar-refractivity contribution in [3.05, 3.63) is 77.0 Å². The van der Waals surface area contributed by atoms with E-state index in [2.05, 4.69) is 10.3 Å². The monoisotopic (exact) mass is 319 g/mol. The predicted molar refractivity (Wildman–Crippen MR) is 96.7 cm³/mol. The summed E-state index contributed by atoms with van der Waals surface area (Å²) in [6, 6.07) is 17.3. The van der Waals surface area contributed by atoms with E-state index in [1.165, 1.54) is 0 Å². The summed E-state index contributed by atoms with van der Waals surface area (Å²) < 4.78 is 0. The lowest BCUT2D eigenvalue weighted by atomic mass is 10.0. The van der Waals surface area contributed by atoms with E-state index in [-0.39, 0.29) is 11.9 Å². The third-order valence-corrected chi connectivity index (χ3v) is 4.21. The minimum Gasteiger partial charge on any atom is -0.345 e. The largest absolute Gasteiger partial charge is 0.345 e. The molecule has 3 N–H and O–H groups in total. The summed E-state index contributed by atoms with van der Waals surface area (Å²) in [5.74, 6) is -0.0733. The number of pyridine rings is 1. The predicted octanol–water partition coefficient (Wildman–Crippen LogP) is 3.49. The van der Waals surface area contributed by atoms with Crippen LogP contribution in [0.2, 0.25) is 0 Å². The molecule has 2 aromatic carbocycles. The van der Waals surface area contributed by atoms with Crippen molar-refractivity contribution in [3.8, 4) is 0 Å². The number of benzene rings is 2. The highest BCUT2D eigenvalue weighted by atomic mass is 16.1. The Balaban J connectivity index is 1.95. The molecule has 0 saturated carbocycles. The topological polar surface area (TPSA) is 68.0 Å². The van der Waals surface area contributed by atoms with Crippen molar-refractivity contribution in [3.63, 3.8) is 0 Å². The second-order valence-electron chi connectivity index (χ2n) is 5.93. The minimum atomic E-state index is -0.143. The van der Waals surface area contributed by atoms with Crippen LogP contribution in [0, 0.1) is 6.92 Å². The van der Waals surface area contributed by atoms with Crippen molar-refractivity contribution in [2.75, 3.05) is 0 Å². The van der Waals surface area contributed by atoms with Crippen LogP contribution in [0.25, 0.3) is 10.9 Å². The number of rotatable bonds is 4. The van der Waals surface area contributed by atoms with Crippen LogP contribution in [0.3, 0.4) is 0 Å². The van der Waals surface area contributed by atoms with Crippen LogP contribution in [0.5, 0.6) is 0 Å². The molecule has 0 bridgehead atoms. The average Bonchev–Trinajstić information content (AvgIpc) is 2.60. The first-order valence-electron chi connectivity index (χ1n) is 8.05. The van der Waals surface area contributed by atoms with Gasteiger partial charge in [-0.1, -0.05) is 36.4 Å². The normalized spacial score (nSPS) is 12.1. The molecule has 0 aliphatic carbocycles. The van der Waals surface area contributed by atoms with Crippen molar-refractivity contribution in [1.82, 2.24) is 10.3 Å². The summed E-state index contributed by atoms with van der Waals surface area (Å²) in [7, 11) is 0. The quantitative estimate of drug-likeness (QED) is 0.773. The van der Waals surface area contributed by atoms with Gasteiger partial charge in [-0.2, -0.15) is 0 Å². The number of fused-ring (bicyclic) bond motifs is 1. The minimum absolute atomic E-state index is 0.0733. The van der Waals surface area contributed by atoms with Gasteiger partial charge >= 0.3 is 0 Å². The van der Waals surface area contributed by atoms with Crippen LogP contribution in [-0.4, -0.2) is 10.9 Å². The first-order chi connectivity index (χ1) is 11.6. The molecule has 1 atom stereocenters. The molecule has 0 aliphatic heterocycles. The van der Waals surface area contributed by atoms with Gasteiger partial charge in [-0.25, -0.2) is 0 Å². The summed E-state index contributed by atoms with van der Waals surface area (Å²) in [5.41, 5.74) is 10.2. The zero-order valence-electron chi connectivity index (χ0n) is 13.9. The fourth-order valence-electron chi connectivity index (χ4n) is 2.90. The molecular weight excluding hydrogens is 298 g/mol. The molecule has 0 aliphatic rings. The first-order valence-corrected chi connectivity index (χ1v) is 8.05. The summed E-state index contributed by atoms with van der Waals surface area (Å²) in [5, 5.41) is 4.12. The molecule has 122 valence electrons. The number of hydrogen-bond donors (Lipinski definition) is 2. The molecule has 3 rings (SSSR count). The second-order valence-corrected chi connectivity index (χ2v) is 5.93. The van der Waals surface area contributed by atoms with E-state index in [0.29, 0.717) is 12.1 Å². The molecule has 0 unspecified atom stereocenters. The van der Waals surface area contributed by atoms with Gasteiger partial charge in [0.05, 0.1) is 17.3 Å². The molecular formula is C20H21N3O. The van der Waals surface area contributed by atoms with E-state index in [1.54, 1.807) is 0 Å². The molecule has 0 fully saturated rings. The van der Waals surface area contributed by atoms with Crippen molar-refractivity contribution < 1.29 is 4.79 Å². The number of carbonyl (C=O) groups is 1. The summed E-state index contributed by atoms with van der Waals surface area (Å²) in [4.78, 5) is 17.1. The third-order valence-electron chi connectivity index (χ3n) is 4.21. The highest BCUT2D eigenvalue weighted by Crippen LogP contribution is 2.24. The van der Waals surface area contributed by atoms with Crippen molar-refractivity contribution in [2.24, 2.45) is 5.73 Å². The van der Waals surface area contributed by atoms with Gasteiger partial charge in [0.25, 0.3) is 5.91 Å². The lowest BCUT2D eigenvalue weighted by Crippen LogP contribution is -2.27. The zero-order chi connectivity index (χ0) is 17.1. The maximum absolute atomic E-state index is 12.6. The number of aryl methyl sites for hydroxylation is 1. The van der Waals surface area contributed by atoms with Crippen LogP contribution < -0.4 is 11.1 Å². The molecule has 0 saturated heterocycles. The third kappa shape index (κ3) is 3.14. The Bertz CT molecular complexity index is 889. The van der Waals surface area contributed by atoms with Gasteiger partial charge in [-0.15, -0.1) is 0 Å². The molecule has 1 aromatic heterocycles. The number of hydrogen-bond acceptors (Lipinski definition) is 3. The van der Waals surface area contributed by atoms with Crippen LogP contribution in [0.1, 0.15) is 40.1 Å². The van der Waals surface area contributed by atoms with Gasteiger partial charge in [-0.3, -0.25) is 9.78 Å². The number of aromatic nitrogens is 1. The number of amides is 1. The Hall–Kier alpha value is -2.72. The summed E-state index contributed by atoms with van der Waals surface area (Å²) in [6.07, 6.45) is 0. The molecule has 4 nitrogen and oxygen atoms in total. The van der Waals surface area contributed by atoms with Gasteiger partial charge in [0.15, 0.2) is 0 Å². The number of nitrogens with two attached hydrogens (primary N) is 1. The standard InChI is InChI=1S/C20H21N3O/c1-13-7-3-4-8-16(13)20(24)22-14(2)18-11-15(12-21)23-19-10-6-5-9-17(18)19/h3-11,14H,12,21H2,1-2H3,(H,22,24)/t14-/m0/s1. The summed E-state index contributed by atoms with van der Waals surface area (Å²) in [6.45, 7) is 4.29. The lowest BCUT2D eigenvalue weighted by molar-refractivity contribution is 0.0939. The van der Waals surface area contributed by atoms with E-state index in [9.17, 15) is 4.79 Å². The molecule has 0 radical (unpaired) electrons. The molecule has 1 amide bonds. The zero-order valence-corrected chi connectivity index (χ0v) is 13.9. The van der Waals surface area contributed by atoms with Crippen LogP contribution in [0.15, 0.2) is 54.6 Å². The highest BCUT2D eigenvalue weighted by Gasteiger charge is 2.16. The molecule has 4 heteroatoms. The van der Waals surface area contributed by atoms with Gasteiger partial charge in [0.1, 0.15) is 0 Å². The number of nitrogens with zero attached hydrogens (tertiary/aromatic N) is 1. The maximum Gasteiger partial charge on any atom is 0.252 e. The van der Waals surface area contributed by atoms with Gasteiger partial charge in [-0.05, 0) is 43.2 Å². The van der Waals surface area contributed by atoms with E-state index in [0.717, 1.165) is 27.7 Å². The summed E-state index contributed by atoms with van der Waals surface area (Å²) >= 11 is 0. The molecule has 0 spiro atoms. The first kappa shape index (κ1) is 16.1. The number of carbonyl (C=O) groups excluding carboxylic acids is 1. The Labute approximate surface area is 141 Å². The second kappa shape index (κ2) is 6.81. The molecule has 1 heterocycles. The maximum atomic E-state index is 12.6. The van der Waals surface area contributed by atoms with Crippen molar-refractivity contribution >= 4 is 16.8 Å². The Morgan fingerprint density at radius 2 is 1.88 bits per heavy atom. The van der Waals surface area contributed by atoms with Gasteiger partial charge < -0.3 is 11.1 Å². The number of nitrogens with one attached hydrogen (secondary N) is 1. The smallest absolute Gasteiger partial charge is 0.252 e. The fraction of sp³-hybridized carbons (Fsp3) is 0.200. The Morgan fingerprint density at radius 3 is 2.62 bits per heavy atom. The van der Waals surface area contributed by atoms with Gasteiger partial charge in [0.2, 0.25) is 0 Å². The van der Waals surface area contributed by atoms with E-state index >= 15 is 0 Å². The van der Waals surface area contributed by atoms with Crippen LogP contribution in [-0.2, 0) is 6.54 Å². The van der Waals surface area contributed by atoms with E-state index < -0.39 is 0 Å². The van der Waals surface area contributed by atoms with Crippen molar-refractivity contribution in [1.29, 1.82) is 0 Å². The van der Waals surface area contributed by atoms with Crippen LogP contribution >= 0.6 is 0 Å². The molecule has 24 heavy (non-hydrogen) atoms. The van der Waals surface area contributed by atoms with Gasteiger partial charge in [0, 0.05) is 17.5 Å². The Morgan fingerprint density at radius 1 is 1.17 bits per heavy atom. The van der Waals surface area contributed by atoms with E-state index in [1.807, 2.05) is 68.4 Å². The fourth-order valence-corrected chi connectivity index (χ4v) is 2.90. The average molecular weight is 319 g/mol. The highest BCUT2D eigenvalue weighted by molar-refractivity contribution is 5.96. The van der Waals surface area contributed by atoms with Crippen molar-refractivity contribution in [2.45, 2.75) is 26.4 Å². The lowest BCUT2D eigenvalue weighted by Gasteiger charge is -2.18. The van der Waals surface area contributed by atoms with Crippen LogP contribution in [0.4, 0.5) is 0 Å². The molecule has 3 aromatic rings. The number of para-hydroxylation sites is 1. The Kier molecular flexibility index (Phi) is 4.58.